The molecule has 0 fully saturated rings. The number of benzene rings is 1. The van der Waals surface area contributed by atoms with Gasteiger partial charge < -0.3 is 5.11 Å². The first kappa shape index (κ1) is 8.28. The zero-order valence-corrected chi connectivity index (χ0v) is 6.75. The summed E-state index contributed by atoms with van der Waals surface area (Å²) in [4.78, 5) is 0. The van der Waals surface area contributed by atoms with Crippen molar-refractivity contribution in [2.45, 2.75) is 25.9 Å². The fourth-order valence-electron chi connectivity index (χ4n) is 0.974. The van der Waals surface area contributed by atoms with E-state index in [1.807, 2.05) is 31.2 Å². The van der Waals surface area contributed by atoms with E-state index in [0.29, 0.717) is 0 Å². The molecule has 1 aromatic carbocycles. The van der Waals surface area contributed by atoms with Crippen LogP contribution in [0.1, 0.15) is 18.9 Å². The van der Waals surface area contributed by atoms with Crippen LogP contribution in [0.4, 0.5) is 0 Å². The average Bonchev–Trinajstić information content (AvgIpc) is 2.06. The van der Waals surface area contributed by atoms with Crippen molar-refractivity contribution in [2.75, 3.05) is 0 Å². The Morgan fingerprint density at radius 2 is 2.09 bits per heavy atom. The molecule has 1 heteroatoms. The maximum atomic E-state index is 9.30. The Morgan fingerprint density at radius 1 is 1.45 bits per heavy atom. The van der Waals surface area contributed by atoms with Crippen LogP contribution in [0.15, 0.2) is 24.3 Å². The molecule has 1 unspecified atom stereocenters. The number of hydrogen-bond donors (Lipinski definition) is 1. The molecular weight excluding hydrogens is 136 g/mol. The van der Waals surface area contributed by atoms with Gasteiger partial charge in [-0.25, -0.2) is 0 Å². The second kappa shape index (κ2) is 4.14. The Balaban J connectivity index is 2.51. The van der Waals surface area contributed by atoms with E-state index in [2.05, 4.69) is 6.07 Å². The van der Waals surface area contributed by atoms with Crippen molar-refractivity contribution in [2.24, 2.45) is 0 Å². The fraction of sp³-hybridized carbons (Fsp3) is 0.400. The third kappa shape index (κ3) is 2.72. The molecule has 0 aliphatic rings. The van der Waals surface area contributed by atoms with Gasteiger partial charge in [-0.1, -0.05) is 31.2 Å². The van der Waals surface area contributed by atoms with E-state index in [-0.39, 0.29) is 6.10 Å². The van der Waals surface area contributed by atoms with Crippen LogP contribution in [0.2, 0.25) is 0 Å². The Kier molecular flexibility index (Phi) is 3.12. The third-order valence-electron chi connectivity index (χ3n) is 1.73. The van der Waals surface area contributed by atoms with E-state index in [0.717, 1.165) is 12.8 Å². The molecule has 0 spiro atoms. The van der Waals surface area contributed by atoms with Crippen LogP contribution in [0.3, 0.4) is 0 Å². The summed E-state index contributed by atoms with van der Waals surface area (Å²) in [7, 11) is 0. The minimum absolute atomic E-state index is 0.197. The van der Waals surface area contributed by atoms with Crippen LogP contribution in [0, 0.1) is 6.07 Å². The van der Waals surface area contributed by atoms with E-state index >= 15 is 0 Å². The van der Waals surface area contributed by atoms with Crippen molar-refractivity contribution in [3.63, 3.8) is 0 Å². The van der Waals surface area contributed by atoms with Crippen molar-refractivity contribution in [3.8, 4) is 0 Å². The van der Waals surface area contributed by atoms with Crippen LogP contribution in [0.5, 0.6) is 0 Å². The molecule has 0 aliphatic carbocycles. The maximum Gasteiger partial charge on any atom is 0.0577 e. The number of aliphatic hydroxyl groups is 1. The molecule has 1 atom stereocenters. The minimum atomic E-state index is -0.197. The summed E-state index contributed by atoms with van der Waals surface area (Å²) in [6.07, 6.45) is 1.38. The van der Waals surface area contributed by atoms with E-state index in [1.165, 1.54) is 5.56 Å². The molecule has 1 aromatic rings. The highest BCUT2D eigenvalue weighted by atomic mass is 16.3. The lowest BCUT2D eigenvalue weighted by Gasteiger charge is -2.06. The van der Waals surface area contributed by atoms with Crippen molar-refractivity contribution >= 4 is 0 Å². The monoisotopic (exact) mass is 149 g/mol. The van der Waals surface area contributed by atoms with Gasteiger partial charge in [-0.3, -0.25) is 0 Å². The van der Waals surface area contributed by atoms with Crippen LogP contribution in [-0.4, -0.2) is 11.2 Å². The summed E-state index contributed by atoms with van der Waals surface area (Å²) in [5, 5.41) is 9.30. The second-order valence-electron chi connectivity index (χ2n) is 2.67. The maximum absolute atomic E-state index is 9.30. The molecule has 0 aliphatic heterocycles. The highest BCUT2D eigenvalue weighted by Crippen LogP contribution is 2.04. The molecule has 11 heavy (non-hydrogen) atoms. The Bertz CT molecular complexity index is 193. The Morgan fingerprint density at radius 3 is 2.64 bits per heavy atom. The quantitative estimate of drug-likeness (QED) is 0.694. The van der Waals surface area contributed by atoms with Crippen molar-refractivity contribution in [3.05, 3.63) is 35.9 Å². The molecule has 0 aromatic heterocycles. The van der Waals surface area contributed by atoms with Crippen LogP contribution >= 0.6 is 0 Å². The zero-order chi connectivity index (χ0) is 8.10. The lowest BCUT2D eigenvalue weighted by molar-refractivity contribution is 0.171. The predicted octanol–water partition coefficient (Wildman–Crippen LogP) is 1.80. The highest BCUT2D eigenvalue weighted by molar-refractivity contribution is 5.14. The van der Waals surface area contributed by atoms with Gasteiger partial charge in [0.1, 0.15) is 0 Å². The Hall–Kier alpha value is -0.820. The van der Waals surface area contributed by atoms with Gasteiger partial charge in [0, 0.05) is 0 Å². The van der Waals surface area contributed by atoms with Gasteiger partial charge in [-0.15, -0.1) is 0 Å². The summed E-state index contributed by atoms with van der Waals surface area (Å²) in [6, 6.07) is 10.7. The first-order valence-corrected chi connectivity index (χ1v) is 3.96. The van der Waals surface area contributed by atoms with Crippen LogP contribution < -0.4 is 0 Å². The van der Waals surface area contributed by atoms with Gasteiger partial charge in [0.15, 0.2) is 0 Å². The molecular formula is C10H13O. The number of rotatable bonds is 3. The van der Waals surface area contributed by atoms with Gasteiger partial charge in [0.25, 0.3) is 0 Å². The van der Waals surface area contributed by atoms with E-state index < -0.39 is 0 Å². The fourth-order valence-corrected chi connectivity index (χ4v) is 0.974. The lowest BCUT2D eigenvalue weighted by atomic mass is 10.1. The largest absolute Gasteiger partial charge is 0.393 e. The molecule has 1 rings (SSSR count). The van der Waals surface area contributed by atoms with E-state index in [1.54, 1.807) is 0 Å². The summed E-state index contributed by atoms with van der Waals surface area (Å²) in [6.45, 7) is 1.99. The molecule has 59 valence electrons. The highest BCUT2D eigenvalue weighted by Gasteiger charge is 2.00. The molecule has 0 saturated heterocycles. The normalized spacial score (nSPS) is 12.9. The lowest BCUT2D eigenvalue weighted by Crippen LogP contribution is -2.07. The molecule has 0 amide bonds. The molecule has 1 nitrogen and oxygen atoms in total. The summed E-state index contributed by atoms with van der Waals surface area (Å²) in [5.74, 6) is 0. The Labute approximate surface area is 67.7 Å². The molecule has 1 radical (unpaired) electrons. The SMILES string of the molecule is CCC(O)Cc1cc[c]cc1. The van der Waals surface area contributed by atoms with E-state index in [4.69, 9.17) is 0 Å². The summed E-state index contributed by atoms with van der Waals surface area (Å²) in [5.41, 5.74) is 1.18. The van der Waals surface area contributed by atoms with E-state index in [9.17, 15) is 5.11 Å². The topological polar surface area (TPSA) is 20.2 Å². The first-order chi connectivity index (χ1) is 5.33. The smallest absolute Gasteiger partial charge is 0.0577 e. The number of hydrogen-bond acceptors (Lipinski definition) is 1. The van der Waals surface area contributed by atoms with Crippen LogP contribution in [0.25, 0.3) is 0 Å². The van der Waals surface area contributed by atoms with Gasteiger partial charge >= 0.3 is 0 Å². The predicted molar refractivity (Wildman–Crippen MR) is 45.3 cm³/mol. The van der Waals surface area contributed by atoms with Crippen LogP contribution in [-0.2, 0) is 6.42 Å². The van der Waals surface area contributed by atoms with Gasteiger partial charge in [0.05, 0.1) is 6.10 Å². The molecule has 0 saturated carbocycles. The first-order valence-electron chi connectivity index (χ1n) is 3.96. The van der Waals surface area contributed by atoms with Crippen molar-refractivity contribution in [1.29, 1.82) is 0 Å². The summed E-state index contributed by atoms with van der Waals surface area (Å²) >= 11 is 0. The molecule has 0 heterocycles. The molecule has 0 bridgehead atoms. The molecule has 1 N–H and O–H groups in total. The van der Waals surface area contributed by atoms with Crippen molar-refractivity contribution in [1.82, 2.24) is 0 Å². The standard InChI is InChI=1S/C10H13O/c1-2-10(11)8-9-6-4-3-5-7-9/h4-7,10-11H,2,8H2,1H3. The third-order valence-corrected chi connectivity index (χ3v) is 1.73. The average molecular weight is 149 g/mol. The van der Waals surface area contributed by atoms with Gasteiger partial charge in [-0.05, 0) is 24.5 Å². The van der Waals surface area contributed by atoms with Gasteiger partial charge in [0.2, 0.25) is 0 Å². The van der Waals surface area contributed by atoms with Gasteiger partial charge in [-0.2, -0.15) is 0 Å². The minimum Gasteiger partial charge on any atom is -0.393 e. The second-order valence-corrected chi connectivity index (χ2v) is 2.67. The zero-order valence-electron chi connectivity index (χ0n) is 6.75. The number of aliphatic hydroxyl groups excluding tert-OH is 1. The van der Waals surface area contributed by atoms with Crippen molar-refractivity contribution < 1.29 is 5.11 Å². The summed E-state index contributed by atoms with van der Waals surface area (Å²) < 4.78 is 0.